The van der Waals surface area contributed by atoms with Gasteiger partial charge in [-0.2, -0.15) is 0 Å². The molecule has 1 aliphatic carbocycles. The molecule has 5 nitrogen and oxygen atoms in total. The van der Waals surface area contributed by atoms with Gasteiger partial charge in [-0.25, -0.2) is 0 Å². The van der Waals surface area contributed by atoms with Crippen molar-refractivity contribution >= 4 is 22.5 Å². The van der Waals surface area contributed by atoms with Gasteiger partial charge in [-0.1, -0.05) is 34.1 Å². The first-order valence-electron chi connectivity index (χ1n) is 10.9. The van der Waals surface area contributed by atoms with Gasteiger partial charge >= 0.3 is 0 Å². The van der Waals surface area contributed by atoms with Crippen molar-refractivity contribution in [2.24, 2.45) is 11.8 Å². The normalized spacial score (nSPS) is 22.0. The number of ether oxygens (including phenoxy) is 2. The number of rotatable bonds is 8. The molecule has 0 saturated heterocycles. The van der Waals surface area contributed by atoms with E-state index in [4.69, 9.17) is 9.47 Å². The lowest BCUT2D eigenvalue weighted by molar-refractivity contribution is -0.148. The summed E-state index contributed by atoms with van der Waals surface area (Å²) in [6, 6.07) is 7.67. The van der Waals surface area contributed by atoms with Crippen molar-refractivity contribution < 1.29 is 14.3 Å². The number of hydrogen-bond acceptors (Lipinski definition) is 4. The molecule has 1 aromatic heterocycles. The number of pyridine rings is 1. The molecule has 2 atom stereocenters. The summed E-state index contributed by atoms with van der Waals surface area (Å²) in [5, 5.41) is 4.04. The molecule has 0 unspecified atom stereocenters. The van der Waals surface area contributed by atoms with Gasteiger partial charge in [0, 0.05) is 18.2 Å². The Morgan fingerprint density at radius 2 is 2.17 bits per heavy atom. The topological polar surface area (TPSA) is 60.5 Å². The molecule has 1 aromatic carbocycles. The summed E-state index contributed by atoms with van der Waals surface area (Å²) in [5.41, 5.74) is 0.786. The van der Waals surface area contributed by atoms with Gasteiger partial charge in [0.2, 0.25) is 0 Å². The number of aromatic nitrogens is 1. The molecule has 1 N–H and O–H groups in total. The summed E-state index contributed by atoms with van der Waals surface area (Å²) in [5.74, 6) is 1.61. The minimum Gasteiger partial charge on any atom is -0.491 e. The van der Waals surface area contributed by atoms with Crippen molar-refractivity contribution in [1.29, 1.82) is 0 Å². The van der Waals surface area contributed by atoms with Crippen molar-refractivity contribution in [3.05, 3.63) is 30.5 Å². The number of anilines is 1. The van der Waals surface area contributed by atoms with E-state index in [0.29, 0.717) is 25.0 Å². The van der Waals surface area contributed by atoms with Gasteiger partial charge < -0.3 is 14.8 Å². The molecule has 2 aromatic rings. The molecule has 5 heteroatoms. The average Bonchev–Trinajstić information content (AvgIpc) is 2.71. The van der Waals surface area contributed by atoms with Gasteiger partial charge in [0.25, 0.3) is 5.91 Å². The predicted octanol–water partition coefficient (Wildman–Crippen LogP) is 5.58. The summed E-state index contributed by atoms with van der Waals surface area (Å²) >= 11 is 0. The predicted molar refractivity (Wildman–Crippen MR) is 117 cm³/mol. The summed E-state index contributed by atoms with van der Waals surface area (Å²) in [4.78, 5) is 17.9. The van der Waals surface area contributed by atoms with Gasteiger partial charge in [0.05, 0.1) is 12.3 Å². The van der Waals surface area contributed by atoms with E-state index in [1.54, 1.807) is 6.20 Å². The first-order valence-corrected chi connectivity index (χ1v) is 10.9. The Kier molecular flexibility index (Phi) is 7.12. The Morgan fingerprint density at radius 3 is 2.90 bits per heavy atom. The fraction of sp³-hybridized carbons (Fsp3) is 0.583. The zero-order chi connectivity index (χ0) is 20.9. The Hall–Kier alpha value is -2.14. The van der Waals surface area contributed by atoms with Crippen LogP contribution in [0.25, 0.3) is 10.9 Å². The van der Waals surface area contributed by atoms with Crippen molar-refractivity contribution in [2.75, 3.05) is 18.5 Å². The molecular formula is C24H34N2O3. The van der Waals surface area contributed by atoms with Crippen LogP contribution in [-0.2, 0) is 9.53 Å². The van der Waals surface area contributed by atoms with Crippen LogP contribution in [0.4, 0.5) is 5.69 Å². The van der Waals surface area contributed by atoms with Gasteiger partial charge in [-0.3, -0.25) is 9.78 Å². The van der Waals surface area contributed by atoms with Crippen LogP contribution in [0, 0.1) is 11.8 Å². The van der Waals surface area contributed by atoms with E-state index in [1.807, 2.05) is 24.3 Å². The first-order chi connectivity index (χ1) is 13.9. The second-order valence-corrected chi connectivity index (χ2v) is 8.71. The van der Waals surface area contributed by atoms with Gasteiger partial charge in [0.15, 0.2) is 0 Å². The van der Waals surface area contributed by atoms with E-state index in [2.05, 4.69) is 38.0 Å². The van der Waals surface area contributed by atoms with Crippen LogP contribution >= 0.6 is 0 Å². The van der Waals surface area contributed by atoms with Crippen LogP contribution < -0.4 is 10.1 Å². The van der Waals surface area contributed by atoms with E-state index in [1.165, 1.54) is 0 Å². The largest absolute Gasteiger partial charge is 0.491 e. The lowest BCUT2D eigenvalue weighted by Crippen LogP contribution is -2.48. The van der Waals surface area contributed by atoms with Crippen LogP contribution in [-0.4, -0.2) is 29.7 Å². The molecule has 3 rings (SSSR count). The zero-order valence-electron chi connectivity index (χ0n) is 18.2. The van der Waals surface area contributed by atoms with Crippen molar-refractivity contribution in [3.63, 3.8) is 0 Å². The van der Waals surface area contributed by atoms with E-state index < -0.39 is 5.60 Å². The molecule has 0 radical (unpaired) electrons. The molecule has 0 aliphatic heterocycles. The smallest absolute Gasteiger partial charge is 0.256 e. The molecule has 1 heterocycles. The lowest BCUT2D eigenvalue weighted by atomic mass is 9.78. The number of nitrogens with zero attached hydrogens (tertiary/aromatic N) is 1. The van der Waals surface area contributed by atoms with Gasteiger partial charge in [0.1, 0.15) is 16.9 Å². The number of hydrogen-bond donors (Lipinski definition) is 1. The standard InChI is InChI=1S/C24H34N2O3/c1-5-14-29-24(12-6-8-18(4)15-24)23(27)26-20-10-11-21(28-16-17(2)3)22-19(20)9-7-13-25-22/h7,9-11,13,17-18H,5-6,8,12,14-16H2,1-4H3,(H,26,27)/t18-,24+/m1/s1. The maximum atomic E-state index is 13.4. The molecule has 158 valence electrons. The third-order valence-electron chi connectivity index (χ3n) is 5.51. The number of carbonyl (C=O) groups is 1. The minimum atomic E-state index is -0.741. The highest BCUT2D eigenvalue weighted by Crippen LogP contribution is 2.37. The van der Waals surface area contributed by atoms with Crippen LogP contribution in [0.15, 0.2) is 30.5 Å². The van der Waals surface area contributed by atoms with Crippen LogP contribution in [0.2, 0.25) is 0 Å². The quantitative estimate of drug-likeness (QED) is 0.630. The monoisotopic (exact) mass is 398 g/mol. The summed E-state index contributed by atoms with van der Waals surface area (Å²) in [7, 11) is 0. The van der Waals surface area contributed by atoms with E-state index in [-0.39, 0.29) is 5.91 Å². The number of benzene rings is 1. The second kappa shape index (κ2) is 9.57. The number of carbonyl (C=O) groups excluding carboxylic acids is 1. The van der Waals surface area contributed by atoms with Crippen molar-refractivity contribution in [2.45, 2.75) is 65.4 Å². The molecule has 0 bridgehead atoms. The second-order valence-electron chi connectivity index (χ2n) is 8.71. The van der Waals surface area contributed by atoms with Crippen LogP contribution in [0.5, 0.6) is 5.75 Å². The average molecular weight is 399 g/mol. The minimum absolute atomic E-state index is 0.0431. The summed E-state index contributed by atoms with van der Waals surface area (Å²) in [6.45, 7) is 9.74. The fourth-order valence-corrected chi connectivity index (χ4v) is 4.07. The maximum Gasteiger partial charge on any atom is 0.256 e. The highest BCUT2D eigenvalue weighted by atomic mass is 16.5. The van der Waals surface area contributed by atoms with Gasteiger partial charge in [-0.15, -0.1) is 0 Å². The Balaban J connectivity index is 1.88. The number of amides is 1. The van der Waals surface area contributed by atoms with Crippen molar-refractivity contribution in [1.82, 2.24) is 4.98 Å². The van der Waals surface area contributed by atoms with Crippen LogP contribution in [0.3, 0.4) is 0 Å². The maximum absolute atomic E-state index is 13.4. The van der Waals surface area contributed by atoms with Crippen LogP contribution in [0.1, 0.15) is 59.8 Å². The summed E-state index contributed by atoms with van der Waals surface area (Å²) in [6.07, 6.45) is 6.37. The highest BCUT2D eigenvalue weighted by molar-refractivity contribution is 6.05. The first kappa shape index (κ1) is 21.6. The molecule has 1 fully saturated rings. The fourth-order valence-electron chi connectivity index (χ4n) is 4.07. The molecule has 0 spiro atoms. The van der Waals surface area contributed by atoms with Gasteiger partial charge in [-0.05, 0) is 61.8 Å². The van der Waals surface area contributed by atoms with E-state index in [9.17, 15) is 4.79 Å². The third-order valence-corrected chi connectivity index (χ3v) is 5.51. The van der Waals surface area contributed by atoms with E-state index in [0.717, 1.165) is 54.4 Å². The third kappa shape index (κ3) is 5.08. The molecule has 1 aliphatic rings. The molecule has 1 saturated carbocycles. The molecular weight excluding hydrogens is 364 g/mol. The molecule has 29 heavy (non-hydrogen) atoms. The Labute approximate surface area is 174 Å². The lowest BCUT2D eigenvalue weighted by Gasteiger charge is -2.38. The summed E-state index contributed by atoms with van der Waals surface area (Å²) < 4.78 is 12.1. The Bertz CT molecular complexity index is 836. The zero-order valence-corrected chi connectivity index (χ0v) is 18.2. The Morgan fingerprint density at radius 1 is 1.34 bits per heavy atom. The van der Waals surface area contributed by atoms with E-state index >= 15 is 0 Å². The molecule has 1 amide bonds. The SMILES string of the molecule is CCCO[C@@]1(C(=O)Nc2ccc(OCC(C)C)c3ncccc23)CCC[C@@H](C)C1. The highest BCUT2D eigenvalue weighted by Gasteiger charge is 2.42. The number of nitrogens with one attached hydrogen (secondary N) is 1. The number of fused-ring (bicyclic) bond motifs is 1. The van der Waals surface area contributed by atoms with Crippen molar-refractivity contribution in [3.8, 4) is 5.75 Å².